The molecule has 0 aromatic heterocycles. The van der Waals surface area contributed by atoms with Crippen LogP contribution in [-0.4, -0.2) is 73.5 Å². The van der Waals surface area contributed by atoms with Crippen LogP contribution in [0, 0.1) is 0 Å². The van der Waals surface area contributed by atoms with E-state index in [4.69, 9.17) is 23.7 Å². The van der Waals surface area contributed by atoms with Crippen molar-refractivity contribution in [3.8, 4) is 0 Å². The van der Waals surface area contributed by atoms with Crippen LogP contribution in [-0.2, 0) is 33.3 Å². The van der Waals surface area contributed by atoms with E-state index in [2.05, 4.69) is 6.92 Å². The Morgan fingerprint density at radius 2 is 1.69 bits per heavy atom. The Bertz CT molecular complexity index is 746. The average molecular weight is 495 g/mol. The van der Waals surface area contributed by atoms with Crippen LogP contribution in [0.3, 0.4) is 0 Å². The van der Waals surface area contributed by atoms with Crippen LogP contribution in [0.25, 0.3) is 0 Å². The molecule has 0 aromatic carbocycles. The SMILES string of the molecule is CCCCCCCCCCOC(=O)C[C@H]1O[C@]2(CCC3(C=CC(=O)C=C3)O2)C(OC)[C@@H](O)C1OC. The first-order valence-corrected chi connectivity index (χ1v) is 13.1. The summed E-state index contributed by atoms with van der Waals surface area (Å²) in [5.74, 6) is -1.78. The molecule has 198 valence electrons. The second-order valence-electron chi connectivity index (χ2n) is 9.84. The normalized spacial score (nSPS) is 31.5. The molecule has 0 bridgehead atoms. The fraction of sp³-hybridized carbons (Fsp3) is 0.778. The molecule has 1 N–H and O–H groups in total. The van der Waals surface area contributed by atoms with Crippen LogP contribution in [0.5, 0.6) is 0 Å². The van der Waals surface area contributed by atoms with Crippen LogP contribution < -0.4 is 0 Å². The van der Waals surface area contributed by atoms with Gasteiger partial charge in [-0.25, -0.2) is 0 Å². The molecule has 8 nitrogen and oxygen atoms in total. The molecule has 2 spiro atoms. The number of methoxy groups -OCH3 is 2. The maximum absolute atomic E-state index is 12.6. The van der Waals surface area contributed by atoms with Gasteiger partial charge in [-0.2, -0.15) is 0 Å². The van der Waals surface area contributed by atoms with Gasteiger partial charge in [0.1, 0.15) is 30.0 Å². The van der Waals surface area contributed by atoms with Gasteiger partial charge >= 0.3 is 5.97 Å². The van der Waals surface area contributed by atoms with Crippen molar-refractivity contribution in [3.05, 3.63) is 24.3 Å². The molecule has 2 fully saturated rings. The summed E-state index contributed by atoms with van der Waals surface area (Å²) < 4.78 is 29.3. The Kier molecular flexibility index (Phi) is 10.5. The molecular weight excluding hydrogens is 452 g/mol. The second-order valence-corrected chi connectivity index (χ2v) is 9.84. The van der Waals surface area contributed by atoms with Gasteiger partial charge in [0.15, 0.2) is 11.6 Å². The van der Waals surface area contributed by atoms with Crippen molar-refractivity contribution >= 4 is 11.8 Å². The van der Waals surface area contributed by atoms with Crippen LogP contribution in [0.15, 0.2) is 24.3 Å². The van der Waals surface area contributed by atoms with Crippen LogP contribution in [0.1, 0.15) is 77.6 Å². The maximum Gasteiger partial charge on any atom is 0.308 e. The third-order valence-electron chi connectivity index (χ3n) is 7.24. The highest BCUT2D eigenvalue weighted by molar-refractivity contribution is 6.00. The van der Waals surface area contributed by atoms with Crippen LogP contribution >= 0.6 is 0 Å². The van der Waals surface area contributed by atoms with E-state index >= 15 is 0 Å². The number of ketones is 1. The van der Waals surface area contributed by atoms with Gasteiger partial charge in [-0.15, -0.1) is 0 Å². The second kappa shape index (κ2) is 13.1. The first-order chi connectivity index (χ1) is 16.9. The van der Waals surface area contributed by atoms with Crippen molar-refractivity contribution in [1.29, 1.82) is 0 Å². The third-order valence-corrected chi connectivity index (χ3v) is 7.24. The number of esters is 1. The Morgan fingerprint density at radius 3 is 2.31 bits per heavy atom. The van der Waals surface area contributed by atoms with Gasteiger partial charge in [0.05, 0.1) is 13.0 Å². The molecule has 3 rings (SSSR count). The van der Waals surface area contributed by atoms with Crippen LogP contribution in [0.2, 0.25) is 0 Å². The highest BCUT2D eigenvalue weighted by Gasteiger charge is 2.62. The van der Waals surface area contributed by atoms with E-state index in [0.717, 1.165) is 19.3 Å². The summed E-state index contributed by atoms with van der Waals surface area (Å²) in [6.07, 6.45) is 13.2. The molecule has 0 aromatic rings. The predicted octanol–water partition coefficient (Wildman–Crippen LogP) is 3.79. The first-order valence-electron chi connectivity index (χ1n) is 13.1. The Hall–Kier alpha value is -1.58. The molecule has 2 aliphatic heterocycles. The van der Waals surface area contributed by atoms with Gasteiger partial charge in [-0.05, 0) is 37.1 Å². The summed E-state index contributed by atoms with van der Waals surface area (Å²) in [6, 6.07) is 0. The summed E-state index contributed by atoms with van der Waals surface area (Å²) in [5.41, 5.74) is -0.814. The van der Waals surface area contributed by atoms with E-state index in [1.54, 1.807) is 12.2 Å². The zero-order valence-corrected chi connectivity index (χ0v) is 21.4. The Balaban J connectivity index is 1.54. The number of aliphatic hydroxyl groups is 1. The van der Waals surface area contributed by atoms with Gasteiger partial charge < -0.3 is 28.8 Å². The lowest BCUT2D eigenvalue weighted by atomic mass is 9.88. The van der Waals surface area contributed by atoms with Gasteiger partial charge in [0.25, 0.3) is 0 Å². The lowest BCUT2D eigenvalue weighted by molar-refractivity contribution is -0.362. The van der Waals surface area contributed by atoms with Crippen molar-refractivity contribution < 1.29 is 38.4 Å². The molecule has 2 heterocycles. The standard InChI is InChI=1S/C27H42O8/c1-4-5-6-7-8-9-10-11-18-33-22(29)19-21-24(31-2)23(30)25(32-3)27(34-21)17-16-26(35-27)14-12-20(28)13-15-26/h12-15,21,23-25,30H,4-11,16-19H2,1-3H3/t21-,23+,24?,25?,27+/m1/s1. The molecule has 35 heavy (non-hydrogen) atoms. The largest absolute Gasteiger partial charge is 0.466 e. The predicted molar refractivity (Wildman–Crippen MR) is 130 cm³/mol. The summed E-state index contributed by atoms with van der Waals surface area (Å²) >= 11 is 0. The van der Waals surface area contributed by atoms with Gasteiger partial charge in [-0.3, -0.25) is 9.59 Å². The number of allylic oxidation sites excluding steroid dienone is 2. The molecule has 0 radical (unpaired) electrons. The lowest BCUT2D eigenvalue weighted by Crippen LogP contribution is -2.66. The van der Waals surface area contributed by atoms with E-state index < -0.39 is 41.8 Å². The van der Waals surface area contributed by atoms with Crippen molar-refractivity contribution in [2.45, 2.75) is 113 Å². The summed E-state index contributed by atoms with van der Waals surface area (Å²) in [5, 5.41) is 11.1. The number of hydrogen-bond donors (Lipinski definition) is 1. The average Bonchev–Trinajstić information content (AvgIpc) is 3.18. The van der Waals surface area contributed by atoms with Crippen molar-refractivity contribution in [3.63, 3.8) is 0 Å². The number of carbonyl (C=O) groups is 2. The molecule has 5 atom stereocenters. The summed E-state index contributed by atoms with van der Waals surface area (Å²) in [4.78, 5) is 24.2. The van der Waals surface area contributed by atoms with Crippen molar-refractivity contribution in [2.75, 3.05) is 20.8 Å². The smallest absolute Gasteiger partial charge is 0.308 e. The number of unbranched alkanes of at least 4 members (excludes halogenated alkanes) is 7. The molecule has 3 aliphatic rings. The molecule has 1 aliphatic carbocycles. The third kappa shape index (κ3) is 7.01. The zero-order valence-electron chi connectivity index (χ0n) is 21.4. The fourth-order valence-corrected chi connectivity index (χ4v) is 5.32. The van der Waals surface area contributed by atoms with Gasteiger partial charge in [0.2, 0.25) is 0 Å². The van der Waals surface area contributed by atoms with Gasteiger partial charge in [0, 0.05) is 20.6 Å². The minimum atomic E-state index is -1.28. The summed E-state index contributed by atoms with van der Waals surface area (Å²) in [7, 11) is 2.95. The number of aliphatic hydroxyl groups excluding tert-OH is 1. The van der Waals surface area contributed by atoms with Crippen LogP contribution in [0.4, 0.5) is 0 Å². The van der Waals surface area contributed by atoms with E-state index in [9.17, 15) is 14.7 Å². The van der Waals surface area contributed by atoms with Crippen molar-refractivity contribution in [1.82, 2.24) is 0 Å². The molecule has 0 amide bonds. The topological polar surface area (TPSA) is 101 Å². The highest BCUT2D eigenvalue weighted by atomic mass is 16.7. The quantitative estimate of drug-likeness (QED) is 0.305. The molecular formula is C27H42O8. The summed E-state index contributed by atoms with van der Waals surface area (Å²) in [6.45, 7) is 2.58. The lowest BCUT2D eigenvalue weighted by Gasteiger charge is -2.49. The van der Waals surface area contributed by atoms with Gasteiger partial charge in [-0.1, -0.05) is 51.9 Å². The fourth-order valence-electron chi connectivity index (χ4n) is 5.32. The number of rotatable bonds is 13. The van der Waals surface area contributed by atoms with E-state index in [0.29, 0.717) is 19.4 Å². The van der Waals surface area contributed by atoms with E-state index in [1.165, 1.54) is 58.5 Å². The molecule has 8 heteroatoms. The molecule has 2 unspecified atom stereocenters. The minimum Gasteiger partial charge on any atom is -0.466 e. The first kappa shape index (κ1) is 28.0. The number of hydrogen-bond acceptors (Lipinski definition) is 8. The molecule has 0 saturated carbocycles. The Labute approximate surface area is 209 Å². The van der Waals surface area contributed by atoms with Crippen molar-refractivity contribution in [2.24, 2.45) is 0 Å². The zero-order chi connectivity index (χ0) is 25.3. The minimum absolute atomic E-state index is 0.0642. The number of ether oxygens (including phenoxy) is 5. The van der Waals surface area contributed by atoms with E-state index in [-0.39, 0.29) is 12.2 Å². The maximum atomic E-state index is 12.6. The Morgan fingerprint density at radius 1 is 1.03 bits per heavy atom. The number of carbonyl (C=O) groups excluding carboxylic acids is 2. The van der Waals surface area contributed by atoms with E-state index in [1.807, 2.05) is 0 Å². The highest BCUT2D eigenvalue weighted by Crippen LogP contribution is 2.48. The molecule has 2 saturated heterocycles. The monoisotopic (exact) mass is 494 g/mol.